The Bertz CT molecular complexity index is 510. The number of anilines is 1. The third-order valence-corrected chi connectivity index (χ3v) is 5.34. The third-order valence-electron chi connectivity index (χ3n) is 4.40. The summed E-state index contributed by atoms with van der Waals surface area (Å²) in [4.78, 5) is 1.10. The van der Waals surface area contributed by atoms with Gasteiger partial charge in [0.25, 0.3) is 0 Å². The molecule has 1 N–H and O–H groups in total. The van der Waals surface area contributed by atoms with Crippen LogP contribution in [-0.2, 0) is 0 Å². The SMILES string of the molecule is CCSc1cccc(NCC2(C3CC3)CC2)c1C#N. The van der Waals surface area contributed by atoms with Crippen molar-refractivity contribution < 1.29 is 0 Å². The van der Waals surface area contributed by atoms with Crippen LogP contribution in [0.2, 0.25) is 0 Å². The van der Waals surface area contributed by atoms with E-state index >= 15 is 0 Å². The van der Waals surface area contributed by atoms with Crippen LogP contribution in [0.15, 0.2) is 23.1 Å². The fourth-order valence-corrected chi connectivity index (χ4v) is 3.71. The predicted octanol–water partition coefficient (Wildman–Crippen LogP) is 4.27. The standard InChI is InChI=1S/C16H20N2S/c1-2-19-15-5-3-4-14(13(15)10-17)18-11-16(8-9-16)12-6-7-12/h3-5,12,18H,2,6-9,11H2,1H3. The fourth-order valence-electron chi connectivity index (χ4n) is 2.93. The molecule has 0 bridgehead atoms. The highest BCUT2D eigenvalue weighted by atomic mass is 32.2. The van der Waals surface area contributed by atoms with E-state index in [4.69, 9.17) is 0 Å². The van der Waals surface area contributed by atoms with Crippen LogP contribution < -0.4 is 5.32 Å². The number of thioether (sulfide) groups is 1. The Balaban J connectivity index is 1.73. The molecule has 0 spiro atoms. The first-order valence-corrected chi connectivity index (χ1v) is 8.17. The lowest BCUT2D eigenvalue weighted by molar-refractivity contribution is 0.467. The molecule has 3 rings (SSSR count). The Hall–Kier alpha value is -1.14. The summed E-state index contributed by atoms with van der Waals surface area (Å²) in [5.41, 5.74) is 2.41. The minimum atomic E-state index is 0.570. The topological polar surface area (TPSA) is 35.8 Å². The number of benzene rings is 1. The number of nitrogens with zero attached hydrogens (tertiary/aromatic N) is 1. The van der Waals surface area contributed by atoms with E-state index in [-0.39, 0.29) is 0 Å². The number of hydrogen-bond acceptors (Lipinski definition) is 3. The lowest BCUT2D eigenvalue weighted by Crippen LogP contribution is -2.18. The molecule has 0 aliphatic heterocycles. The second kappa shape index (κ2) is 5.09. The highest BCUT2D eigenvalue weighted by Gasteiger charge is 2.53. The van der Waals surface area contributed by atoms with E-state index in [1.165, 1.54) is 25.7 Å². The van der Waals surface area contributed by atoms with Gasteiger partial charge in [0.2, 0.25) is 0 Å². The normalized spacial score (nSPS) is 19.8. The quantitative estimate of drug-likeness (QED) is 0.785. The molecular weight excluding hydrogens is 252 g/mol. The van der Waals surface area contributed by atoms with Crippen molar-refractivity contribution in [2.45, 2.75) is 37.5 Å². The molecule has 0 amide bonds. The van der Waals surface area contributed by atoms with Gasteiger partial charge in [-0.05, 0) is 54.9 Å². The second-order valence-electron chi connectivity index (χ2n) is 5.71. The van der Waals surface area contributed by atoms with Crippen molar-refractivity contribution in [1.82, 2.24) is 0 Å². The van der Waals surface area contributed by atoms with Gasteiger partial charge >= 0.3 is 0 Å². The van der Waals surface area contributed by atoms with E-state index in [0.29, 0.717) is 5.41 Å². The number of rotatable bonds is 6. The van der Waals surface area contributed by atoms with Gasteiger partial charge in [0.15, 0.2) is 0 Å². The highest BCUT2D eigenvalue weighted by molar-refractivity contribution is 7.99. The first-order valence-electron chi connectivity index (χ1n) is 7.19. The molecule has 2 nitrogen and oxygen atoms in total. The summed E-state index contributed by atoms with van der Waals surface area (Å²) in [6.07, 6.45) is 5.57. The average molecular weight is 272 g/mol. The molecular formula is C16H20N2S. The van der Waals surface area contributed by atoms with Crippen molar-refractivity contribution >= 4 is 17.4 Å². The summed E-state index contributed by atoms with van der Waals surface area (Å²) >= 11 is 1.75. The Morgan fingerprint density at radius 1 is 1.42 bits per heavy atom. The second-order valence-corrected chi connectivity index (χ2v) is 7.02. The number of hydrogen-bond donors (Lipinski definition) is 1. The maximum Gasteiger partial charge on any atom is 0.102 e. The maximum atomic E-state index is 9.39. The number of nitriles is 1. The van der Waals surface area contributed by atoms with Gasteiger partial charge in [-0.15, -0.1) is 11.8 Å². The first kappa shape index (κ1) is 12.9. The molecule has 0 atom stereocenters. The molecule has 1 aromatic rings. The molecule has 0 aromatic heterocycles. The Morgan fingerprint density at radius 3 is 2.79 bits per heavy atom. The molecule has 2 aliphatic carbocycles. The molecule has 0 unspecified atom stereocenters. The Labute approximate surface area is 119 Å². The van der Waals surface area contributed by atoms with Gasteiger partial charge < -0.3 is 5.32 Å². The molecule has 19 heavy (non-hydrogen) atoms. The maximum absolute atomic E-state index is 9.39. The van der Waals surface area contributed by atoms with E-state index in [0.717, 1.165) is 34.4 Å². The van der Waals surface area contributed by atoms with Gasteiger partial charge in [-0.3, -0.25) is 0 Å². The summed E-state index contributed by atoms with van der Waals surface area (Å²) < 4.78 is 0. The first-order chi connectivity index (χ1) is 9.29. The minimum absolute atomic E-state index is 0.570. The van der Waals surface area contributed by atoms with Crippen LogP contribution in [0.5, 0.6) is 0 Å². The minimum Gasteiger partial charge on any atom is -0.383 e. The van der Waals surface area contributed by atoms with Gasteiger partial charge in [-0.2, -0.15) is 5.26 Å². The molecule has 100 valence electrons. The molecule has 1 aromatic carbocycles. The molecule has 2 aliphatic rings. The summed E-state index contributed by atoms with van der Waals surface area (Å²) in [5, 5.41) is 12.9. The molecule has 0 radical (unpaired) electrons. The summed E-state index contributed by atoms with van der Waals surface area (Å²) in [6.45, 7) is 3.17. The van der Waals surface area contributed by atoms with Gasteiger partial charge in [0.05, 0.1) is 11.3 Å². The molecule has 0 saturated heterocycles. The van der Waals surface area contributed by atoms with Gasteiger partial charge in [-0.1, -0.05) is 13.0 Å². The van der Waals surface area contributed by atoms with Gasteiger partial charge in [0, 0.05) is 11.4 Å². The van der Waals surface area contributed by atoms with Crippen molar-refractivity contribution in [1.29, 1.82) is 5.26 Å². The fraction of sp³-hybridized carbons (Fsp3) is 0.562. The molecule has 0 heterocycles. The predicted molar refractivity (Wildman–Crippen MR) is 80.4 cm³/mol. The smallest absolute Gasteiger partial charge is 0.102 e. The van der Waals surface area contributed by atoms with Crippen molar-refractivity contribution in [2.24, 2.45) is 11.3 Å². The Kier molecular flexibility index (Phi) is 3.45. The zero-order valence-electron chi connectivity index (χ0n) is 11.4. The Morgan fingerprint density at radius 2 is 2.21 bits per heavy atom. The lowest BCUT2D eigenvalue weighted by Gasteiger charge is -2.17. The third kappa shape index (κ3) is 2.60. The van der Waals surface area contributed by atoms with E-state index < -0.39 is 0 Å². The largest absolute Gasteiger partial charge is 0.383 e. The summed E-state index contributed by atoms with van der Waals surface area (Å²) in [6, 6.07) is 8.51. The lowest BCUT2D eigenvalue weighted by atomic mass is 10.0. The zero-order valence-corrected chi connectivity index (χ0v) is 12.2. The van der Waals surface area contributed by atoms with Crippen LogP contribution in [0.4, 0.5) is 5.69 Å². The van der Waals surface area contributed by atoms with E-state index in [2.05, 4.69) is 24.4 Å². The van der Waals surface area contributed by atoms with Crippen molar-refractivity contribution in [3.63, 3.8) is 0 Å². The van der Waals surface area contributed by atoms with Crippen LogP contribution in [0.1, 0.15) is 38.2 Å². The van der Waals surface area contributed by atoms with Crippen LogP contribution in [-0.4, -0.2) is 12.3 Å². The van der Waals surface area contributed by atoms with E-state index in [1.807, 2.05) is 12.1 Å². The number of nitrogens with one attached hydrogen (secondary N) is 1. The van der Waals surface area contributed by atoms with Crippen molar-refractivity contribution in [2.75, 3.05) is 17.6 Å². The van der Waals surface area contributed by atoms with E-state index in [1.54, 1.807) is 11.8 Å². The highest BCUT2D eigenvalue weighted by Crippen LogP contribution is 2.61. The van der Waals surface area contributed by atoms with Gasteiger partial charge in [-0.25, -0.2) is 0 Å². The average Bonchev–Trinajstić information content (AvgIpc) is 3.28. The summed E-state index contributed by atoms with van der Waals surface area (Å²) in [5.74, 6) is 1.96. The zero-order chi connectivity index (χ0) is 13.3. The van der Waals surface area contributed by atoms with Crippen LogP contribution in [0.3, 0.4) is 0 Å². The summed E-state index contributed by atoms with van der Waals surface area (Å²) in [7, 11) is 0. The molecule has 2 saturated carbocycles. The van der Waals surface area contributed by atoms with Crippen LogP contribution >= 0.6 is 11.8 Å². The monoisotopic (exact) mass is 272 g/mol. The van der Waals surface area contributed by atoms with Gasteiger partial charge in [0.1, 0.15) is 6.07 Å². The van der Waals surface area contributed by atoms with Crippen LogP contribution in [0, 0.1) is 22.7 Å². The molecule has 3 heteroatoms. The van der Waals surface area contributed by atoms with Crippen molar-refractivity contribution in [3.8, 4) is 6.07 Å². The van der Waals surface area contributed by atoms with E-state index in [9.17, 15) is 5.26 Å². The van der Waals surface area contributed by atoms with Crippen LogP contribution in [0.25, 0.3) is 0 Å². The van der Waals surface area contributed by atoms with Crippen molar-refractivity contribution in [3.05, 3.63) is 23.8 Å². The molecule has 2 fully saturated rings.